The van der Waals surface area contributed by atoms with Crippen molar-refractivity contribution in [3.8, 4) is 0 Å². The van der Waals surface area contributed by atoms with Crippen LogP contribution >= 0.6 is 0 Å². The Kier molecular flexibility index (Phi) is 20.2. The molecule has 4 nitrogen and oxygen atoms in total. The van der Waals surface area contributed by atoms with E-state index in [1.165, 1.54) is 0 Å². The molecular formula is C4H5MgO4Zn. The van der Waals surface area contributed by atoms with Crippen molar-refractivity contribution in [3.63, 3.8) is 0 Å². The van der Waals surface area contributed by atoms with Gasteiger partial charge in [0.15, 0.2) is 0 Å². The van der Waals surface area contributed by atoms with E-state index in [4.69, 9.17) is 9.90 Å². The molecule has 6 heteroatoms. The van der Waals surface area contributed by atoms with Crippen LogP contribution in [-0.2, 0) is 27.9 Å². The van der Waals surface area contributed by atoms with Crippen LogP contribution in [0, 0.1) is 0 Å². The van der Waals surface area contributed by atoms with Crippen LogP contribution < -0.4 is 10.2 Å². The van der Waals surface area contributed by atoms with Crippen LogP contribution in [0.2, 0.25) is 5.02 Å². The molecule has 0 N–H and O–H groups in total. The van der Waals surface area contributed by atoms with Crippen LogP contribution in [0.25, 0.3) is 0 Å². The Morgan fingerprint density at radius 2 is 1.50 bits per heavy atom. The van der Waals surface area contributed by atoms with Gasteiger partial charge >= 0.3 is 62.2 Å². The molecule has 0 unspecified atom stereocenters. The molecule has 0 heterocycles. The van der Waals surface area contributed by atoms with Gasteiger partial charge in [0.25, 0.3) is 0 Å². The molecule has 0 fully saturated rings. The number of hydrogen-bond acceptors (Lipinski definition) is 4. The number of carboxylic acid groups (broad SMARTS) is 2. The number of carboxylic acids is 2. The van der Waals surface area contributed by atoms with E-state index < -0.39 is 11.9 Å². The fraction of sp³-hybridized carbons (Fsp3) is 0.500. The van der Waals surface area contributed by atoms with Crippen molar-refractivity contribution >= 4 is 35.0 Å². The van der Waals surface area contributed by atoms with Crippen LogP contribution in [0.4, 0.5) is 0 Å². The molecule has 0 aromatic rings. The molecule has 0 aliphatic rings. The van der Waals surface area contributed by atoms with Gasteiger partial charge in [0.05, 0.1) is 0 Å². The van der Waals surface area contributed by atoms with Crippen LogP contribution in [0.3, 0.4) is 0 Å². The van der Waals surface area contributed by atoms with Gasteiger partial charge in [0, 0.05) is 5.97 Å². The molecule has 0 aromatic heterocycles. The Balaban J connectivity index is -0.0000000910. The largest absolute Gasteiger partial charge is 2.00 e. The van der Waals surface area contributed by atoms with Gasteiger partial charge in [-0.05, 0) is 6.92 Å². The van der Waals surface area contributed by atoms with Crippen molar-refractivity contribution in [1.29, 1.82) is 0 Å². The van der Waals surface area contributed by atoms with Gasteiger partial charge in [-0.25, -0.2) is 0 Å². The van der Waals surface area contributed by atoms with Gasteiger partial charge in [0.1, 0.15) is 0 Å². The molecule has 0 aromatic carbocycles. The third-order valence-corrected chi connectivity index (χ3v) is 1.06. The molecule has 10 heavy (non-hydrogen) atoms. The Labute approximate surface area is 84.8 Å². The molecule has 0 saturated heterocycles. The maximum atomic E-state index is 9.29. The van der Waals surface area contributed by atoms with E-state index in [0.717, 1.165) is 25.2 Å². The predicted molar refractivity (Wildman–Crippen MR) is 26.2 cm³/mol. The van der Waals surface area contributed by atoms with Gasteiger partial charge < -0.3 is 9.90 Å². The van der Waals surface area contributed by atoms with E-state index in [0.29, 0.717) is 0 Å². The van der Waals surface area contributed by atoms with E-state index in [1.807, 2.05) is 0 Å². The molecule has 49 valence electrons. The van der Waals surface area contributed by atoms with Crippen LogP contribution in [0.1, 0.15) is 6.92 Å². The van der Waals surface area contributed by atoms with Crippen molar-refractivity contribution in [1.82, 2.24) is 0 Å². The zero-order chi connectivity index (χ0) is 7.86. The first-order chi connectivity index (χ1) is 4.00. The number of carbonyl (C=O) groups is 2. The van der Waals surface area contributed by atoms with Crippen LogP contribution in [-0.4, -0.2) is 35.0 Å². The summed E-state index contributed by atoms with van der Waals surface area (Å²) >= 11 is 0.794. The average molecular weight is 207 g/mol. The smallest absolute Gasteiger partial charge is 2.00 e. The first-order valence-electron chi connectivity index (χ1n) is 2.17. The molecule has 0 bridgehead atoms. The second-order valence-electron chi connectivity index (χ2n) is 1.11. The zero-order valence-electron chi connectivity index (χ0n) is 5.75. The SMILES string of the molecule is CC(=O)[O-].O=C([O-])[CH2][Zn].[Mg+2]. The van der Waals surface area contributed by atoms with Gasteiger partial charge in [-0.1, -0.05) is 0 Å². The second kappa shape index (κ2) is 12.0. The minimum absolute atomic E-state index is 0. The van der Waals surface area contributed by atoms with Crippen LogP contribution in [0.5, 0.6) is 0 Å². The maximum Gasteiger partial charge on any atom is 2.00 e. The number of rotatable bonds is 1. The summed E-state index contributed by atoms with van der Waals surface area (Å²) in [4.78, 5) is 18.2. The van der Waals surface area contributed by atoms with E-state index in [-0.39, 0.29) is 28.1 Å². The third kappa shape index (κ3) is 82.5. The average Bonchev–Trinajstić information content (AvgIpc) is 1.65. The van der Waals surface area contributed by atoms with Crippen molar-refractivity contribution in [2.45, 2.75) is 11.9 Å². The molecule has 0 atom stereocenters. The van der Waals surface area contributed by atoms with Crippen molar-refractivity contribution < 1.29 is 38.1 Å². The molecule has 0 aliphatic heterocycles. The first-order valence-corrected chi connectivity index (χ1v) is 4.27. The summed E-state index contributed by atoms with van der Waals surface area (Å²) in [5.74, 6) is -2.02. The van der Waals surface area contributed by atoms with Gasteiger partial charge in [0.2, 0.25) is 0 Å². The Morgan fingerprint density at radius 1 is 1.40 bits per heavy atom. The minimum Gasteiger partial charge on any atom is 2.00 e. The minimum atomic E-state index is -1.08. The van der Waals surface area contributed by atoms with E-state index in [1.54, 1.807) is 0 Å². The molecule has 0 amide bonds. The molecule has 0 aliphatic carbocycles. The third-order valence-electron chi connectivity index (χ3n) is 0.204. The van der Waals surface area contributed by atoms with E-state index in [9.17, 15) is 9.90 Å². The summed E-state index contributed by atoms with van der Waals surface area (Å²) in [7, 11) is 0. The van der Waals surface area contributed by atoms with E-state index in [2.05, 4.69) is 0 Å². The van der Waals surface area contributed by atoms with Crippen molar-refractivity contribution in [2.75, 3.05) is 0 Å². The van der Waals surface area contributed by atoms with Gasteiger partial charge in [-0.3, -0.25) is 0 Å². The standard InChI is InChI=1S/C2H4O2.C2H3O2.Mg.Zn/c2*1-2(3)4;;/h1H3,(H,3,4);1H2,(H,3,4);;/q;;+2;/p-2. The molecule has 0 radical (unpaired) electrons. The van der Waals surface area contributed by atoms with Crippen LogP contribution in [0.15, 0.2) is 0 Å². The zero-order valence-corrected chi connectivity index (χ0v) is 10.1. The second-order valence-corrected chi connectivity index (χ2v) is 2.16. The molecule has 0 rings (SSSR count). The summed E-state index contributed by atoms with van der Waals surface area (Å²) < 4.78 is 0. The summed E-state index contributed by atoms with van der Waals surface area (Å²) in [6, 6.07) is 0. The van der Waals surface area contributed by atoms with Gasteiger partial charge in [-0.15, -0.1) is 0 Å². The molecule has 0 saturated carbocycles. The quantitative estimate of drug-likeness (QED) is 0.431. The Morgan fingerprint density at radius 3 is 1.50 bits per heavy atom. The van der Waals surface area contributed by atoms with Crippen molar-refractivity contribution in [3.05, 3.63) is 0 Å². The summed E-state index contributed by atoms with van der Waals surface area (Å²) in [5.41, 5.74) is 0. The Hall–Kier alpha value is 0.330. The summed E-state index contributed by atoms with van der Waals surface area (Å²) in [5, 5.41) is 18.4. The normalized spacial score (nSPS) is 6.30. The first kappa shape index (κ1) is 16.7. The maximum absolute atomic E-state index is 9.29. The fourth-order valence-corrected chi connectivity index (χ4v) is 0. The van der Waals surface area contributed by atoms with E-state index >= 15 is 0 Å². The summed E-state index contributed by atoms with van der Waals surface area (Å²) in [6.45, 7) is 0.972. The Bertz CT molecular complexity index is 101. The van der Waals surface area contributed by atoms with Gasteiger partial charge in [-0.2, -0.15) is 0 Å². The topological polar surface area (TPSA) is 80.3 Å². The fourth-order valence-electron chi connectivity index (χ4n) is 0. The monoisotopic (exact) mass is 205 g/mol. The predicted octanol–water partition coefficient (Wildman–Crippen LogP) is -2.92. The number of carbonyl (C=O) groups excluding carboxylic acids is 2. The number of hydrogen-bond donors (Lipinski definition) is 0. The molecular weight excluding hydrogens is 202 g/mol. The summed E-state index contributed by atoms with van der Waals surface area (Å²) in [6.07, 6.45) is 0. The number of aliphatic carboxylic acids is 2. The van der Waals surface area contributed by atoms with Crippen molar-refractivity contribution in [2.24, 2.45) is 0 Å². The molecule has 0 spiro atoms.